The summed E-state index contributed by atoms with van der Waals surface area (Å²) >= 11 is 0. The van der Waals surface area contributed by atoms with Gasteiger partial charge in [-0.25, -0.2) is 4.79 Å². The maximum Gasteiger partial charge on any atom is 0.342 e. The fourth-order valence-electron chi connectivity index (χ4n) is 3.30. The Kier molecular flexibility index (Phi) is 3.25. The van der Waals surface area contributed by atoms with Gasteiger partial charge in [0.25, 0.3) is 0 Å². The standard InChI is InChI=1S/C20H21N3O3/c1-6-26-19(25)13-7-8-15-16(11-13)22-21(15)23(22)17-10-12(2)9-14(18(17)24)20(3,4)5/h6-11,24H,1H2,2-5H3. The van der Waals surface area contributed by atoms with Crippen LogP contribution in [0.5, 0.6) is 5.75 Å². The minimum Gasteiger partial charge on any atom is -0.505 e. The molecular weight excluding hydrogens is 330 g/mol. The van der Waals surface area contributed by atoms with E-state index in [2.05, 4.69) is 27.4 Å². The lowest BCUT2D eigenvalue weighted by atomic mass is 9.85. The zero-order valence-electron chi connectivity index (χ0n) is 15.3. The third-order valence-corrected chi connectivity index (χ3v) is 4.60. The maximum atomic E-state index is 11.9. The summed E-state index contributed by atoms with van der Waals surface area (Å²) in [5.74, 6) is -0.169. The molecule has 26 heavy (non-hydrogen) atoms. The number of benzene rings is 2. The third kappa shape index (κ3) is 2.22. The fourth-order valence-corrected chi connectivity index (χ4v) is 3.30. The Balaban J connectivity index is 1.84. The average molecular weight is 351 g/mol. The molecule has 0 amide bonds. The van der Waals surface area contributed by atoms with Crippen molar-refractivity contribution in [1.29, 1.82) is 0 Å². The van der Waals surface area contributed by atoms with E-state index in [0.29, 0.717) is 5.56 Å². The van der Waals surface area contributed by atoms with Gasteiger partial charge in [0.2, 0.25) is 0 Å². The fraction of sp³-hybridized carbons (Fsp3) is 0.250. The van der Waals surface area contributed by atoms with E-state index in [4.69, 9.17) is 4.74 Å². The Labute approximate surface area is 150 Å². The van der Waals surface area contributed by atoms with Crippen molar-refractivity contribution in [2.75, 3.05) is 0 Å². The summed E-state index contributed by atoms with van der Waals surface area (Å²) in [7, 11) is 0. The lowest BCUT2D eigenvalue weighted by Gasteiger charge is -2.21. The Hall–Kier alpha value is -3.15. The quantitative estimate of drug-likeness (QED) is 0.448. The first-order valence-corrected chi connectivity index (χ1v) is 8.44. The number of rotatable bonds is 3. The number of aromatic nitrogens is 3. The number of carbonyl (C=O) groups excluding carboxylic acids is 1. The summed E-state index contributed by atoms with van der Waals surface area (Å²) in [6, 6.07) is 9.33. The number of aryl methyl sites for hydroxylation is 1. The summed E-state index contributed by atoms with van der Waals surface area (Å²) < 4.78 is 8.68. The SMILES string of the molecule is C=COC(=O)c1ccc2c(c1)n1n(-c3cc(C)cc(C(C)(C)C)c3O)n21. The van der Waals surface area contributed by atoms with Gasteiger partial charge in [-0.05, 0) is 42.2 Å². The molecule has 6 heteroatoms. The number of carbonyl (C=O) groups is 1. The first kappa shape index (κ1) is 16.3. The van der Waals surface area contributed by atoms with Crippen LogP contribution < -0.4 is 0 Å². The summed E-state index contributed by atoms with van der Waals surface area (Å²) in [5, 5.41) is 10.8. The van der Waals surface area contributed by atoms with Crippen LogP contribution in [0.25, 0.3) is 16.7 Å². The van der Waals surface area contributed by atoms with Crippen molar-refractivity contribution in [1.82, 2.24) is 14.1 Å². The van der Waals surface area contributed by atoms with Crippen LogP contribution in [-0.2, 0) is 10.2 Å². The lowest BCUT2D eigenvalue weighted by Crippen LogP contribution is -2.12. The van der Waals surface area contributed by atoms with Gasteiger partial charge in [0.05, 0.1) is 11.8 Å². The molecular formula is C20H21N3O3. The van der Waals surface area contributed by atoms with Gasteiger partial charge in [-0.3, -0.25) is 0 Å². The maximum absolute atomic E-state index is 11.9. The van der Waals surface area contributed by atoms with Crippen molar-refractivity contribution in [3.8, 4) is 11.4 Å². The molecule has 4 aromatic rings. The van der Waals surface area contributed by atoms with Crippen LogP contribution in [0.15, 0.2) is 43.2 Å². The molecule has 1 N–H and O–H groups in total. The molecule has 134 valence electrons. The number of phenolic OH excluding ortho intramolecular Hbond substituents is 1. The van der Waals surface area contributed by atoms with Gasteiger partial charge < -0.3 is 9.84 Å². The second kappa shape index (κ2) is 5.17. The van der Waals surface area contributed by atoms with E-state index in [9.17, 15) is 9.90 Å². The summed E-state index contributed by atoms with van der Waals surface area (Å²) in [6.45, 7) is 11.7. The minimum absolute atomic E-state index is 0.168. The molecule has 0 aliphatic heterocycles. The molecule has 4 rings (SSSR count). The van der Waals surface area contributed by atoms with Crippen LogP contribution in [0.1, 0.15) is 42.3 Å². The average Bonchev–Trinajstić information content (AvgIpc) is 3.22. The molecule has 2 heterocycles. The molecule has 0 unspecified atom stereocenters. The van der Waals surface area contributed by atoms with E-state index in [1.807, 2.05) is 39.2 Å². The van der Waals surface area contributed by atoms with Crippen LogP contribution in [0.2, 0.25) is 0 Å². The molecule has 0 aliphatic rings. The van der Waals surface area contributed by atoms with Gasteiger partial charge in [0.1, 0.15) is 22.5 Å². The molecule has 0 saturated carbocycles. The van der Waals surface area contributed by atoms with E-state index in [1.165, 1.54) is 0 Å². The number of esters is 1. The molecule has 0 aliphatic carbocycles. The van der Waals surface area contributed by atoms with Crippen LogP contribution >= 0.6 is 0 Å². The van der Waals surface area contributed by atoms with Gasteiger partial charge in [0, 0.05) is 5.56 Å². The number of nitrogens with zero attached hydrogens (tertiary/aromatic N) is 3. The van der Waals surface area contributed by atoms with Gasteiger partial charge in [-0.2, -0.15) is 0 Å². The first-order valence-electron chi connectivity index (χ1n) is 8.44. The van der Waals surface area contributed by atoms with Gasteiger partial charge >= 0.3 is 5.97 Å². The molecule has 0 saturated heterocycles. The zero-order valence-corrected chi connectivity index (χ0v) is 15.3. The number of fused-ring (bicyclic) bond motifs is 4. The lowest BCUT2D eigenvalue weighted by molar-refractivity contribution is 0.0664. The molecule has 2 aromatic carbocycles. The highest BCUT2D eigenvalue weighted by Crippen LogP contribution is 2.38. The molecule has 0 radical (unpaired) electrons. The van der Waals surface area contributed by atoms with Crippen molar-refractivity contribution in [3.05, 3.63) is 59.9 Å². The number of ether oxygens (including phenoxy) is 1. The number of phenols is 1. The summed E-state index contributed by atoms with van der Waals surface area (Å²) in [6.07, 6.45) is 1.12. The van der Waals surface area contributed by atoms with Crippen LogP contribution in [0.4, 0.5) is 0 Å². The van der Waals surface area contributed by atoms with E-state index < -0.39 is 5.97 Å². The predicted molar refractivity (Wildman–Crippen MR) is 99.6 cm³/mol. The van der Waals surface area contributed by atoms with Gasteiger partial charge in [0.15, 0.2) is 0 Å². The van der Waals surface area contributed by atoms with Gasteiger partial charge in [-0.1, -0.05) is 33.4 Å². The van der Waals surface area contributed by atoms with Crippen LogP contribution in [0, 0.1) is 6.92 Å². The van der Waals surface area contributed by atoms with E-state index in [1.54, 1.807) is 12.1 Å². The largest absolute Gasteiger partial charge is 0.505 e. The molecule has 0 spiro atoms. The van der Waals surface area contributed by atoms with E-state index in [-0.39, 0.29) is 11.2 Å². The Morgan fingerprint density at radius 2 is 1.85 bits per heavy atom. The molecule has 2 aromatic heterocycles. The highest BCUT2D eigenvalue weighted by molar-refractivity contribution is 5.94. The highest BCUT2D eigenvalue weighted by atomic mass is 16.5. The van der Waals surface area contributed by atoms with Crippen LogP contribution in [-0.4, -0.2) is 25.1 Å². The van der Waals surface area contributed by atoms with Crippen molar-refractivity contribution in [2.45, 2.75) is 33.1 Å². The van der Waals surface area contributed by atoms with Crippen molar-refractivity contribution in [3.63, 3.8) is 0 Å². The summed E-state index contributed by atoms with van der Waals surface area (Å²) in [4.78, 5) is 13.8. The topological polar surface area (TPSA) is 60.3 Å². The number of aromatic hydroxyl groups is 1. The van der Waals surface area contributed by atoms with Crippen molar-refractivity contribution < 1.29 is 14.6 Å². The van der Waals surface area contributed by atoms with E-state index >= 15 is 0 Å². The second-order valence-electron chi connectivity index (χ2n) is 7.57. The minimum atomic E-state index is -0.442. The summed E-state index contributed by atoms with van der Waals surface area (Å²) in [5.41, 5.74) is 4.86. The van der Waals surface area contributed by atoms with E-state index in [0.717, 1.165) is 34.1 Å². The van der Waals surface area contributed by atoms with Crippen molar-refractivity contribution >= 4 is 17.0 Å². The monoisotopic (exact) mass is 351 g/mol. The number of hydrogen-bond donors (Lipinski definition) is 1. The van der Waals surface area contributed by atoms with Gasteiger partial charge in [-0.15, -0.1) is 14.1 Å². The molecule has 0 atom stereocenters. The zero-order chi connectivity index (χ0) is 18.8. The Morgan fingerprint density at radius 1 is 1.15 bits per heavy atom. The second-order valence-corrected chi connectivity index (χ2v) is 7.57. The number of hydrogen-bond acceptors (Lipinski definition) is 3. The molecule has 0 fully saturated rings. The highest BCUT2D eigenvalue weighted by Gasteiger charge is 2.29. The molecule has 0 bridgehead atoms. The first-order chi connectivity index (χ1) is 12.2. The normalized spacial score (nSPS) is 12.3. The Morgan fingerprint density at radius 3 is 2.50 bits per heavy atom. The predicted octanol–water partition coefficient (Wildman–Crippen LogP) is 4.03. The van der Waals surface area contributed by atoms with Crippen molar-refractivity contribution in [2.24, 2.45) is 0 Å². The van der Waals surface area contributed by atoms with Crippen LogP contribution in [0.3, 0.4) is 0 Å². The molecule has 6 nitrogen and oxygen atoms in total. The smallest absolute Gasteiger partial charge is 0.342 e. The third-order valence-electron chi connectivity index (χ3n) is 4.60. The Bertz CT molecular complexity index is 1150.